The van der Waals surface area contributed by atoms with Crippen molar-refractivity contribution in [2.24, 2.45) is 10.9 Å². The maximum atomic E-state index is 4.67. The van der Waals surface area contributed by atoms with Gasteiger partial charge in [0.25, 0.3) is 0 Å². The molecule has 2 heterocycles. The molecule has 1 saturated heterocycles. The Morgan fingerprint density at radius 1 is 1.55 bits per heavy atom. The summed E-state index contributed by atoms with van der Waals surface area (Å²) in [5.74, 6) is 0.685. The lowest BCUT2D eigenvalue weighted by atomic mass is 10.0. The third kappa shape index (κ3) is 1.20. The van der Waals surface area contributed by atoms with Crippen molar-refractivity contribution in [3.05, 3.63) is 0 Å². The maximum Gasteiger partial charge on any atom is 0.102 e. The van der Waals surface area contributed by atoms with E-state index in [9.17, 15) is 0 Å². The maximum absolute atomic E-state index is 4.67. The van der Waals surface area contributed by atoms with Crippen molar-refractivity contribution in [2.75, 3.05) is 13.1 Å². The van der Waals surface area contributed by atoms with Crippen LogP contribution in [0.4, 0.5) is 0 Å². The number of rotatable bonds is 0. The smallest absolute Gasteiger partial charge is 0.102 e. The highest BCUT2D eigenvalue weighted by Crippen LogP contribution is 2.24. The van der Waals surface area contributed by atoms with Crippen LogP contribution in [-0.4, -0.2) is 29.9 Å². The summed E-state index contributed by atoms with van der Waals surface area (Å²) in [6.07, 6.45) is 3.17. The lowest BCUT2D eigenvalue weighted by molar-refractivity contribution is 0.230. The average Bonchev–Trinajstić information content (AvgIpc) is 2.36. The molecular formula is C9H16N2. The Bertz CT molecular complexity index is 186. The molecule has 0 radical (unpaired) electrons. The second-order valence-electron chi connectivity index (χ2n) is 3.79. The summed E-state index contributed by atoms with van der Waals surface area (Å²) >= 11 is 0. The van der Waals surface area contributed by atoms with Gasteiger partial charge in [0, 0.05) is 24.7 Å². The minimum atomic E-state index is 0.547. The first-order valence-electron chi connectivity index (χ1n) is 4.55. The third-order valence-electron chi connectivity index (χ3n) is 2.90. The number of aliphatic imine (C=N–C) groups is 1. The van der Waals surface area contributed by atoms with Crippen LogP contribution in [0.5, 0.6) is 0 Å². The number of hydrogen-bond acceptors (Lipinski definition) is 2. The Balaban J connectivity index is 2.16. The van der Waals surface area contributed by atoms with Crippen molar-refractivity contribution in [2.45, 2.75) is 32.9 Å². The molecule has 0 saturated carbocycles. The van der Waals surface area contributed by atoms with Crippen molar-refractivity contribution in [3.8, 4) is 0 Å². The van der Waals surface area contributed by atoms with Crippen LogP contribution in [0.2, 0.25) is 0 Å². The molecule has 0 N–H and O–H groups in total. The fraction of sp³-hybridized carbons (Fsp3) is 0.889. The van der Waals surface area contributed by atoms with Gasteiger partial charge >= 0.3 is 0 Å². The zero-order valence-electron chi connectivity index (χ0n) is 7.38. The summed E-state index contributed by atoms with van der Waals surface area (Å²) in [7, 11) is 0. The Kier molecular flexibility index (Phi) is 1.72. The zero-order valence-corrected chi connectivity index (χ0v) is 7.38. The highest BCUT2D eigenvalue weighted by atomic mass is 15.3. The predicted octanol–water partition coefficient (Wildman–Crippen LogP) is 1.52. The minimum Gasteiger partial charge on any atom is -0.281 e. The quantitative estimate of drug-likeness (QED) is 0.514. The highest BCUT2D eigenvalue weighted by molar-refractivity contribution is 5.85. The second-order valence-corrected chi connectivity index (χ2v) is 3.79. The molecule has 2 atom stereocenters. The normalized spacial score (nSPS) is 38.5. The fourth-order valence-corrected chi connectivity index (χ4v) is 2.01. The Morgan fingerprint density at radius 3 is 3.18 bits per heavy atom. The Morgan fingerprint density at radius 2 is 2.36 bits per heavy atom. The van der Waals surface area contributed by atoms with E-state index in [0.717, 1.165) is 0 Å². The lowest BCUT2D eigenvalue weighted by Crippen LogP contribution is -2.39. The van der Waals surface area contributed by atoms with Gasteiger partial charge in [0.2, 0.25) is 0 Å². The van der Waals surface area contributed by atoms with E-state index in [-0.39, 0.29) is 0 Å². The van der Waals surface area contributed by atoms with Gasteiger partial charge in [0.1, 0.15) is 6.17 Å². The summed E-state index contributed by atoms with van der Waals surface area (Å²) in [6, 6.07) is 0. The summed E-state index contributed by atoms with van der Waals surface area (Å²) in [6.45, 7) is 6.94. The van der Waals surface area contributed by atoms with Crippen LogP contribution in [0, 0.1) is 5.92 Å². The lowest BCUT2D eigenvalue weighted by Gasteiger charge is -2.30. The molecule has 0 aromatic carbocycles. The molecule has 2 unspecified atom stereocenters. The van der Waals surface area contributed by atoms with Gasteiger partial charge in [-0.3, -0.25) is 9.89 Å². The van der Waals surface area contributed by atoms with E-state index in [2.05, 4.69) is 23.7 Å². The van der Waals surface area contributed by atoms with E-state index < -0.39 is 0 Å². The van der Waals surface area contributed by atoms with Crippen molar-refractivity contribution >= 4 is 5.71 Å². The van der Waals surface area contributed by atoms with Crippen LogP contribution in [0.15, 0.2) is 4.99 Å². The molecule has 0 aromatic rings. The molecule has 0 amide bonds. The van der Waals surface area contributed by atoms with E-state index in [0.29, 0.717) is 12.1 Å². The van der Waals surface area contributed by atoms with Crippen molar-refractivity contribution in [1.82, 2.24) is 4.90 Å². The molecule has 0 aliphatic carbocycles. The summed E-state index contributed by atoms with van der Waals surface area (Å²) < 4.78 is 0. The van der Waals surface area contributed by atoms with Gasteiger partial charge < -0.3 is 0 Å². The molecule has 2 nitrogen and oxygen atoms in total. The summed E-state index contributed by atoms with van der Waals surface area (Å²) in [5.41, 5.74) is 1.35. The van der Waals surface area contributed by atoms with Gasteiger partial charge in [-0.15, -0.1) is 0 Å². The summed E-state index contributed by atoms with van der Waals surface area (Å²) in [5, 5.41) is 0. The predicted molar refractivity (Wildman–Crippen MR) is 46.9 cm³/mol. The van der Waals surface area contributed by atoms with Crippen LogP contribution in [0.1, 0.15) is 26.7 Å². The van der Waals surface area contributed by atoms with Crippen LogP contribution < -0.4 is 0 Å². The first-order chi connectivity index (χ1) is 5.27. The van der Waals surface area contributed by atoms with Crippen LogP contribution >= 0.6 is 0 Å². The average molecular weight is 152 g/mol. The molecule has 2 heteroatoms. The minimum absolute atomic E-state index is 0.547. The number of nitrogens with zero attached hydrogens (tertiary/aromatic N) is 2. The standard InChI is InChI=1S/C9H16N2/c1-7-6-11-5-3-4-9(11)10-8(7)2/h7,9H,3-6H2,1-2H3. The summed E-state index contributed by atoms with van der Waals surface area (Å²) in [4.78, 5) is 7.18. The largest absolute Gasteiger partial charge is 0.281 e. The molecule has 11 heavy (non-hydrogen) atoms. The van der Waals surface area contributed by atoms with E-state index in [4.69, 9.17) is 0 Å². The third-order valence-corrected chi connectivity index (χ3v) is 2.90. The van der Waals surface area contributed by atoms with E-state index in [1.165, 1.54) is 31.6 Å². The Hall–Kier alpha value is -0.370. The zero-order chi connectivity index (χ0) is 7.84. The monoisotopic (exact) mass is 152 g/mol. The molecular weight excluding hydrogens is 136 g/mol. The fourth-order valence-electron chi connectivity index (χ4n) is 2.01. The van der Waals surface area contributed by atoms with E-state index in [1.54, 1.807) is 0 Å². The molecule has 0 aromatic heterocycles. The molecule has 1 fully saturated rings. The van der Waals surface area contributed by atoms with Crippen molar-refractivity contribution < 1.29 is 0 Å². The van der Waals surface area contributed by atoms with E-state index in [1.807, 2.05) is 0 Å². The van der Waals surface area contributed by atoms with Gasteiger partial charge in [0.05, 0.1) is 0 Å². The molecule has 62 valence electrons. The van der Waals surface area contributed by atoms with Gasteiger partial charge in [0.15, 0.2) is 0 Å². The number of hydrogen-bond donors (Lipinski definition) is 0. The van der Waals surface area contributed by atoms with Gasteiger partial charge in [-0.2, -0.15) is 0 Å². The molecule has 2 aliphatic rings. The van der Waals surface area contributed by atoms with Crippen LogP contribution in [0.25, 0.3) is 0 Å². The van der Waals surface area contributed by atoms with Gasteiger partial charge in [-0.05, 0) is 19.8 Å². The SMILES string of the molecule is CC1=NC2CCCN2CC1C. The molecule has 0 spiro atoms. The molecule has 0 bridgehead atoms. The molecule has 2 rings (SSSR count). The topological polar surface area (TPSA) is 15.6 Å². The van der Waals surface area contributed by atoms with E-state index >= 15 is 0 Å². The first-order valence-corrected chi connectivity index (χ1v) is 4.55. The molecule has 2 aliphatic heterocycles. The Labute approximate surface area is 68.3 Å². The second kappa shape index (κ2) is 2.59. The van der Waals surface area contributed by atoms with Gasteiger partial charge in [-0.25, -0.2) is 0 Å². The highest BCUT2D eigenvalue weighted by Gasteiger charge is 2.29. The van der Waals surface area contributed by atoms with Gasteiger partial charge in [-0.1, -0.05) is 6.92 Å². The van der Waals surface area contributed by atoms with Crippen molar-refractivity contribution in [3.63, 3.8) is 0 Å². The van der Waals surface area contributed by atoms with Crippen LogP contribution in [-0.2, 0) is 0 Å². The number of fused-ring (bicyclic) bond motifs is 1. The first kappa shape index (κ1) is 7.29. The van der Waals surface area contributed by atoms with Crippen molar-refractivity contribution in [1.29, 1.82) is 0 Å². The van der Waals surface area contributed by atoms with Crippen LogP contribution in [0.3, 0.4) is 0 Å².